The molecule has 0 fully saturated rings. The number of unbranched alkanes of at least 4 members (excludes halogenated alkanes) is 25. The fourth-order valence-corrected chi connectivity index (χ4v) is 8.94. The molecule has 0 rings (SSSR count). The van der Waals surface area contributed by atoms with Crippen molar-refractivity contribution in [1.29, 1.82) is 0 Å². The van der Waals surface area contributed by atoms with E-state index in [4.69, 9.17) is 24.3 Å². The molecule has 430 valence electrons. The maximum Gasteiger partial charge on any atom is 0.472 e. The highest BCUT2D eigenvalue weighted by molar-refractivity contribution is 7.47. The summed E-state index contributed by atoms with van der Waals surface area (Å²) in [6.07, 6.45) is 81.4. The zero-order valence-electron chi connectivity index (χ0n) is 48.0. The topological polar surface area (TPSA) is 134 Å². The van der Waals surface area contributed by atoms with E-state index in [0.29, 0.717) is 6.42 Å². The molecule has 0 heterocycles. The number of allylic oxidation sites excluding steroid dienone is 18. The van der Waals surface area contributed by atoms with Gasteiger partial charge in [-0.1, -0.05) is 252 Å². The van der Waals surface area contributed by atoms with Crippen molar-refractivity contribution in [2.75, 3.05) is 26.4 Å². The Morgan fingerprint density at radius 1 is 0.413 bits per heavy atom. The fourth-order valence-electron chi connectivity index (χ4n) is 8.18. The molecule has 9 nitrogen and oxygen atoms in total. The van der Waals surface area contributed by atoms with Gasteiger partial charge >= 0.3 is 19.8 Å². The SMILES string of the molecule is CC/C=C\C/C=C\C/C=C\C/C=C\C/C=C\C/C=C\C/C=C\CCCCCCCCCCCCCC(=O)OC(COC(=O)CCCCCCCCCCC/C=C\C/C=C\CCCCCCC)COP(=O)(O)OCCN. The van der Waals surface area contributed by atoms with E-state index in [0.717, 1.165) is 109 Å². The molecule has 0 aromatic carbocycles. The number of carbonyl (C=O) groups excluding carboxylic acids is 2. The lowest BCUT2D eigenvalue weighted by Gasteiger charge is -2.19. The van der Waals surface area contributed by atoms with Crippen molar-refractivity contribution >= 4 is 19.8 Å². The van der Waals surface area contributed by atoms with Crippen molar-refractivity contribution in [2.24, 2.45) is 5.73 Å². The summed E-state index contributed by atoms with van der Waals surface area (Å²) in [7, 11) is -4.40. The first-order chi connectivity index (χ1) is 36.8. The summed E-state index contributed by atoms with van der Waals surface area (Å²) in [6.45, 7) is 3.62. The Morgan fingerprint density at radius 2 is 0.733 bits per heavy atom. The first-order valence-electron chi connectivity index (χ1n) is 30.4. The van der Waals surface area contributed by atoms with Gasteiger partial charge in [-0.3, -0.25) is 18.6 Å². The van der Waals surface area contributed by atoms with Gasteiger partial charge in [0.05, 0.1) is 13.2 Å². The van der Waals surface area contributed by atoms with E-state index in [1.165, 1.54) is 116 Å². The highest BCUT2D eigenvalue weighted by Crippen LogP contribution is 2.43. The van der Waals surface area contributed by atoms with Crippen molar-refractivity contribution < 1.29 is 37.6 Å². The maximum absolute atomic E-state index is 12.7. The van der Waals surface area contributed by atoms with Crippen LogP contribution < -0.4 is 5.73 Å². The van der Waals surface area contributed by atoms with Crippen LogP contribution >= 0.6 is 7.82 Å². The van der Waals surface area contributed by atoms with Gasteiger partial charge in [-0.25, -0.2) is 4.57 Å². The molecule has 0 saturated heterocycles. The van der Waals surface area contributed by atoms with Crippen molar-refractivity contribution in [1.82, 2.24) is 0 Å². The average molecular weight is 1070 g/mol. The lowest BCUT2D eigenvalue weighted by Crippen LogP contribution is -2.29. The molecule has 0 aliphatic carbocycles. The largest absolute Gasteiger partial charge is 0.472 e. The van der Waals surface area contributed by atoms with Crippen molar-refractivity contribution in [3.63, 3.8) is 0 Å². The first kappa shape index (κ1) is 71.7. The van der Waals surface area contributed by atoms with Crippen LogP contribution in [0.1, 0.15) is 258 Å². The van der Waals surface area contributed by atoms with Crippen LogP contribution in [0.2, 0.25) is 0 Å². The third-order valence-electron chi connectivity index (χ3n) is 12.6. The van der Waals surface area contributed by atoms with Crippen molar-refractivity contribution in [3.05, 3.63) is 109 Å². The maximum atomic E-state index is 12.7. The third-order valence-corrected chi connectivity index (χ3v) is 13.6. The van der Waals surface area contributed by atoms with Crippen LogP contribution in [-0.4, -0.2) is 49.3 Å². The minimum Gasteiger partial charge on any atom is -0.462 e. The molecule has 0 aliphatic rings. The lowest BCUT2D eigenvalue weighted by atomic mass is 10.0. The van der Waals surface area contributed by atoms with E-state index in [1.807, 2.05) is 0 Å². The predicted octanol–water partition coefficient (Wildman–Crippen LogP) is 19.4. The Morgan fingerprint density at radius 3 is 1.09 bits per heavy atom. The van der Waals surface area contributed by atoms with Gasteiger partial charge in [-0.05, 0) is 103 Å². The van der Waals surface area contributed by atoms with Gasteiger partial charge in [0.1, 0.15) is 6.61 Å². The van der Waals surface area contributed by atoms with E-state index in [2.05, 4.69) is 123 Å². The first-order valence-corrected chi connectivity index (χ1v) is 31.9. The summed E-state index contributed by atoms with van der Waals surface area (Å²) in [5.74, 6) is -0.837. The zero-order valence-corrected chi connectivity index (χ0v) is 48.9. The summed E-state index contributed by atoms with van der Waals surface area (Å²) >= 11 is 0. The summed E-state index contributed by atoms with van der Waals surface area (Å²) < 4.78 is 33.1. The standard InChI is InChI=1S/C65H112NO8P/c1-3-5-7-9-11-13-15-17-19-21-23-25-26-27-28-29-30-31-32-33-34-35-36-38-40-42-44-46-48-50-52-54-56-58-65(68)74-63(62-73-75(69,70)72-60-59-66)61-71-64(67)57-55-53-51-49-47-45-43-41-39-37-24-22-20-18-16-14-12-10-8-6-4-2/h5,7,11,13,16-19,22-25,27-28,30-31,33-34,63H,3-4,6,8-10,12,14-15,20-21,26,29,32,35-62,66H2,1-2H3,(H,69,70)/b7-5-,13-11-,18-16-,19-17-,24-22-,25-23-,28-27-,31-30-,34-33-. The Balaban J connectivity index is 3.99. The van der Waals surface area contributed by atoms with Crippen LogP contribution in [0.15, 0.2) is 109 Å². The van der Waals surface area contributed by atoms with Gasteiger partial charge in [0.25, 0.3) is 0 Å². The Kier molecular flexibility index (Phi) is 57.2. The van der Waals surface area contributed by atoms with Crippen LogP contribution in [0.4, 0.5) is 0 Å². The molecule has 2 atom stereocenters. The van der Waals surface area contributed by atoms with E-state index >= 15 is 0 Å². The number of phosphoric ester groups is 1. The Labute approximate surface area is 460 Å². The van der Waals surface area contributed by atoms with Gasteiger partial charge in [-0.15, -0.1) is 0 Å². The Bertz CT molecular complexity index is 1590. The molecule has 0 bridgehead atoms. The lowest BCUT2D eigenvalue weighted by molar-refractivity contribution is -0.161. The van der Waals surface area contributed by atoms with Gasteiger partial charge in [0.2, 0.25) is 0 Å². The summed E-state index contributed by atoms with van der Waals surface area (Å²) in [5.41, 5.74) is 5.39. The monoisotopic (exact) mass is 1070 g/mol. The minimum atomic E-state index is -4.40. The molecule has 0 radical (unpaired) electrons. The van der Waals surface area contributed by atoms with Crippen LogP contribution in [0.25, 0.3) is 0 Å². The quantitative estimate of drug-likeness (QED) is 0.0264. The molecule has 0 saturated carbocycles. The normalized spacial score (nSPS) is 13.8. The van der Waals surface area contributed by atoms with Gasteiger partial charge < -0.3 is 20.1 Å². The van der Waals surface area contributed by atoms with E-state index < -0.39 is 26.5 Å². The van der Waals surface area contributed by atoms with Crippen molar-refractivity contribution in [2.45, 2.75) is 264 Å². The number of carbonyl (C=O) groups is 2. The second-order valence-electron chi connectivity index (χ2n) is 19.8. The molecular weight excluding hydrogens is 954 g/mol. The number of phosphoric acid groups is 1. The molecule has 10 heteroatoms. The second-order valence-corrected chi connectivity index (χ2v) is 21.3. The highest BCUT2D eigenvalue weighted by atomic mass is 31.2. The number of nitrogens with two attached hydrogens (primary N) is 1. The fraction of sp³-hybridized carbons (Fsp3) is 0.692. The minimum absolute atomic E-state index is 0.0478. The van der Waals surface area contributed by atoms with E-state index in [9.17, 15) is 19.0 Å². The molecule has 0 aromatic heterocycles. The summed E-state index contributed by atoms with van der Waals surface area (Å²) in [4.78, 5) is 35.2. The Hall–Kier alpha value is -3.33. The number of ether oxygens (including phenoxy) is 2. The number of hydrogen-bond donors (Lipinski definition) is 2. The zero-order chi connectivity index (χ0) is 54.5. The van der Waals surface area contributed by atoms with E-state index in [-0.39, 0.29) is 38.6 Å². The van der Waals surface area contributed by atoms with Crippen LogP contribution in [0.5, 0.6) is 0 Å². The second kappa shape index (κ2) is 59.9. The molecule has 0 aliphatic heterocycles. The highest BCUT2D eigenvalue weighted by Gasteiger charge is 2.26. The third kappa shape index (κ3) is 59.8. The summed E-state index contributed by atoms with van der Waals surface area (Å²) in [6, 6.07) is 0. The molecule has 0 amide bonds. The van der Waals surface area contributed by atoms with Crippen LogP contribution in [-0.2, 0) is 32.7 Å². The number of hydrogen-bond acceptors (Lipinski definition) is 8. The molecule has 0 spiro atoms. The predicted molar refractivity (Wildman–Crippen MR) is 321 cm³/mol. The molecule has 3 N–H and O–H groups in total. The number of rotatable bonds is 56. The number of esters is 2. The molecule has 0 aromatic rings. The van der Waals surface area contributed by atoms with Crippen LogP contribution in [0.3, 0.4) is 0 Å². The summed E-state index contributed by atoms with van der Waals surface area (Å²) in [5, 5.41) is 0. The average Bonchev–Trinajstić information content (AvgIpc) is 3.40. The van der Waals surface area contributed by atoms with Crippen molar-refractivity contribution in [3.8, 4) is 0 Å². The van der Waals surface area contributed by atoms with Gasteiger partial charge in [0, 0.05) is 19.4 Å². The molecule has 2 unspecified atom stereocenters. The van der Waals surface area contributed by atoms with Crippen LogP contribution in [0, 0.1) is 0 Å². The van der Waals surface area contributed by atoms with Gasteiger partial charge in [0.15, 0.2) is 6.10 Å². The molecular formula is C65H112NO8P. The molecule has 75 heavy (non-hydrogen) atoms. The smallest absolute Gasteiger partial charge is 0.462 e. The van der Waals surface area contributed by atoms with Gasteiger partial charge in [-0.2, -0.15) is 0 Å². The van der Waals surface area contributed by atoms with E-state index in [1.54, 1.807) is 0 Å².